The molecule has 10 heteroatoms. The van der Waals surface area contributed by atoms with Gasteiger partial charge in [-0.25, -0.2) is 19.9 Å². The first kappa shape index (κ1) is 17.5. The van der Waals surface area contributed by atoms with Crippen molar-refractivity contribution >= 4 is 69.2 Å². The quantitative estimate of drug-likeness (QED) is 0.592. The molecule has 0 bridgehead atoms. The van der Waals surface area contributed by atoms with Gasteiger partial charge in [0, 0.05) is 11.4 Å². The summed E-state index contributed by atoms with van der Waals surface area (Å²) in [5, 5.41) is 4.35. The number of halogens is 3. The Kier molecular flexibility index (Phi) is 4.71. The molecule has 0 amide bonds. The third-order valence-corrected chi connectivity index (χ3v) is 5.81. The van der Waals surface area contributed by atoms with Crippen molar-refractivity contribution in [3.05, 3.63) is 55.7 Å². The molecule has 0 aliphatic carbocycles. The summed E-state index contributed by atoms with van der Waals surface area (Å²) in [7, 11) is 0. The largest absolute Gasteiger partial charge is 0.382 e. The minimum Gasteiger partial charge on any atom is -0.382 e. The molecule has 1 aliphatic rings. The zero-order valence-electron chi connectivity index (χ0n) is 13.1. The molecule has 0 saturated heterocycles. The lowest BCUT2D eigenvalue weighted by Crippen LogP contribution is -2.14. The first-order chi connectivity index (χ1) is 12.5. The maximum atomic E-state index is 6.26. The fourth-order valence-corrected chi connectivity index (χ4v) is 4.30. The third kappa shape index (κ3) is 3.35. The molecule has 1 atom stereocenters. The van der Waals surface area contributed by atoms with Crippen molar-refractivity contribution in [3.63, 3.8) is 0 Å². The highest BCUT2D eigenvalue weighted by molar-refractivity contribution is 7.16. The highest BCUT2D eigenvalue weighted by atomic mass is 35.5. The number of anilines is 2. The van der Waals surface area contributed by atoms with Gasteiger partial charge in [-0.15, -0.1) is 11.3 Å². The van der Waals surface area contributed by atoms with E-state index >= 15 is 0 Å². The van der Waals surface area contributed by atoms with Crippen LogP contribution in [0, 0.1) is 0 Å². The van der Waals surface area contributed by atoms with Crippen molar-refractivity contribution in [1.82, 2.24) is 15.0 Å². The number of hydrogen-bond acceptors (Lipinski definition) is 7. The zero-order chi connectivity index (χ0) is 18.3. The van der Waals surface area contributed by atoms with Gasteiger partial charge in [0.05, 0.1) is 16.6 Å². The Hall–Kier alpha value is -1.93. The van der Waals surface area contributed by atoms with Crippen LogP contribution < -0.4 is 11.1 Å². The second kappa shape index (κ2) is 7.00. The van der Waals surface area contributed by atoms with Gasteiger partial charge >= 0.3 is 0 Å². The van der Waals surface area contributed by atoms with Gasteiger partial charge in [-0.05, 0) is 17.7 Å². The van der Waals surface area contributed by atoms with Crippen LogP contribution >= 0.6 is 46.1 Å². The van der Waals surface area contributed by atoms with E-state index in [4.69, 9.17) is 45.5 Å². The topological polar surface area (TPSA) is 89.1 Å². The molecule has 1 aliphatic heterocycles. The SMILES string of the molecule is Nc1ncnc2c1N=C(c1ccc(Cl)cc1)C[C@H](c1sc(Cl)nc1Cl)N2. The van der Waals surface area contributed by atoms with Gasteiger partial charge in [-0.3, -0.25) is 0 Å². The van der Waals surface area contributed by atoms with E-state index in [1.54, 1.807) is 0 Å². The third-order valence-electron chi connectivity index (χ3n) is 3.88. The van der Waals surface area contributed by atoms with Crippen LogP contribution in [0.4, 0.5) is 17.3 Å². The van der Waals surface area contributed by atoms with Crippen molar-refractivity contribution in [3.8, 4) is 0 Å². The van der Waals surface area contributed by atoms with Crippen LogP contribution in [0.25, 0.3) is 0 Å². The second-order valence-corrected chi connectivity index (χ2v) is 7.95. The summed E-state index contributed by atoms with van der Waals surface area (Å²) in [5.41, 5.74) is 8.24. The van der Waals surface area contributed by atoms with Crippen LogP contribution in [-0.2, 0) is 0 Å². The lowest BCUT2D eigenvalue weighted by atomic mass is 10.0. The molecule has 2 aromatic heterocycles. The number of hydrogen-bond donors (Lipinski definition) is 2. The molecule has 6 nitrogen and oxygen atoms in total. The van der Waals surface area contributed by atoms with Crippen molar-refractivity contribution in [2.24, 2.45) is 4.99 Å². The van der Waals surface area contributed by atoms with Crippen LogP contribution in [0.15, 0.2) is 35.6 Å². The fourth-order valence-electron chi connectivity index (χ4n) is 2.68. The summed E-state index contributed by atoms with van der Waals surface area (Å²) in [6.07, 6.45) is 1.93. The molecule has 26 heavy (non-hydrogen) atoms. The number of thiazole rings is 1. The van der Waals surface area contributed by atoms with Gasteiger partial charge < -0.3 is 11.1 Å². The molecular weight excluding hydrogens is 415 g/mol. The number of nitrogen functional groups attached to an aromatic ring is 1. The summed E-state index contributed by atoms with van der Waals surface area (Å²) < 4.78 is 0.378. The lowest BCUT2D eigenvalue weighted by Gasteiger charge is -2.16. The predicted molar refractivity (Wildman–Crippen MR) is 107 cm³/mol. The Morgan fingerprint density at radius 3 is 2.58 bits per heavy atom. The molecule has 1 aromatic carbocycles. The first-order valence-electron chi connectivity index (χ1n) is 7.53. The van der Waals surface area contributed by atoms with Gasteiger partial charge in [-0.2, -0.15) is 0 Å². The minimum atomic E-state index is -0.211. The summed E-state index contributed by atoms with van der Waals surface area (Å²) in [6.45, 7) is 0. The number of nitrogens with two attached hydrogens (primary N) is 1. The Labute approximate surface area is 168 Å². The smallest absolute Gasteiger partial charge is 0.185 e. The van der Waals surface area contributed by atoms with Crippen molar-refractivity contribution < 1.29 is 0 Å². The van der Waals surface area contributed by atoms with E-state index in [2.05, 4.69) is 20.3 Å². The number of aliphatic imine (C=N–C) groups is 1. The number of aromatic nitrogens is 3. The predicted octanol–water partition coefficient (Wildman–Crippen LogP) is 5.15. The summed E-state index contributed by atoms with van der Waals surface area (Å²) >= 11 is 19.6. The van der Waals surface area contributed by atoms with E-state index < -0.39 is 0 Å². The Balaban J connectivity index is 1.85. The standard InChI is InChI=1S/C16H11Cl3N6S/c17-8-3-1-7(2-4-8)9-5-10(12-13(18)25-16(19)26-12)24-15-11(23-9)14(20)21-6-22-15/h1-4,6,10H,5H2,(H3,20,21,22,24)/t10-/m1/s1. The van der Waals surface area contributed by atoms with Crippen molar-refractivity contribution in [1.29, 1.82) is 0 Å². The van der Waals surface area contributed by atoms with Gasteiger partial charge in [0.25, 0.3) is 0 Å². The Bertz CT molecular complexity index is 1000. The van der Waals surface area contributed by atoms with Crippen LogP contribution in [0.5, 0.6) is 0 Å². The summed E-state index contributed by atoms with van der Waals surface area (Å²) in [6, 6.07) is 7.23. The maximum Gasteiger partial charge on any atom is 0.185 e. The van der Waals surface area contributed by atoms with E-state index in [9.17, 15) is 0 Å². The number of rotatable bonds is 2. The van der Waals surface area contributed by atoms with Crippen LogP contribution in [0.3, 0.4) is 0 Å². The van der Waals surface area contributed by atoms with E-state index in [0.29, 0.717) is 38.4 Å². The molecule has 0 radical (unpaired) electrons. The average Bonchev–Trinajstić information content (AvgIpc) is 2.83. The molecule has 3 heterocycles. The Morgan fingerprint density at radius 1 is 1.12 bits per heavy atom. The van der Waals surface area contributed by atoms with E-state index in [0.717, 1.165) is 16.2 Å². The number of fused-ring (bicyclic) bond motifs is 1. The summed E-state index contributed by atoms with van der Waals surface area (Å²) in [5.74, 6) is 0.829. The molecule has 132 valence electrons. The molecule has 0 spiro atoms. The molecule has 0 saturated carbocycles. The van der Waals surface area contributed by atoms with Gasteiger partial charge in [-0.1, -0.05) is 46.9 Å². The van der Waals surface area contributed by atoms with E-state index in [-0.39, 0.29) is 6.04 Å². The van der Waals surface area contributed by atoms with Gasteiger partial charge in [0.2, 0.25) is 0 Å². The van der Waals surface area contributed by atoms with E-state index in [1.807, 2.05) is 24.3 Å². The van der Waals surface area contributed by atoms with Crippen LogP contribution in [0.2, 0.25) is 14.6 Å². The molecule has 4 rings (SSSR count). The molecule has 3 N–H and O–H groups in total. The second-order valence-electron chi connectivity index (χ2n) is 5.54. The van der Waals surface area contributed by atoms with Crippen molar-refractivity contribution in [2.75, 3.05) is 11.1 Å². The first-order valence-corrected chi connectivity index (χ1v) is 9.48. The van der Waals surface area contributed by atoms with Crippen LogP contribution in [-0.4, -0.2) is 20.7 Å². The van der Waals surface area contributed by atoms with Crippen molar-refractivity contribution in [2.45, 2.75) is 12.5 Å². The molecule has 0 fully saturated rings. The summed E-state index contributed by atoms with van der Waals surface area (Å²) in [4.78, 5) is 17.9. The average molecular weight is 426 g/mol. The highest BCUT2D eigenvalue weighted by Crippen LogP contribution is 2.41. The zero-order valence-corrected chi connectivity index (χ0v) is 16.2. The fraction of sp³-hybridized carbons (Fsp3) is 0.125. The lowest BCUT2D eigenvalue weighted by molar-refractivity contribution is 0.837. The maximum absolute atomic E-state index is 6.26. The molecule has 3 aromatic rings. The molecular formula is C16H11Cl3N6S. The van der Waals surface area contributed by atoms with Gasteiger partial charge in [0.15, 0.2) is 16.1 Å². The minimum absolute atomic E-state index is 0.211. The number of benzene rings is 1. The van der Waals surface area contributed by atoms with E-state index in [1.165, 1.54) is 17.7 Å². The van der Waals surface area contributed by atoms with Crippen LogP contribution in [0.1, 0.15) is 22.9 Å². The number of nitrogens with zero attached hydrogens (tertiary/aromatic N) is 4. The monoisotopic (exact) mass is 424 g/mol. The van der Waals surface area contributed by atoms with Gasteiger partial charge in [0.1, 0.15) is 17.2 Å². The number of nitrogens with one attached hydrogen (secondary N) is 1. The Morgan fingerprint density at radius 2 is 1.88 bits per heavy atom. The normalized spacial score (nSPS) is 16.4. The molecule has 0 unspecified atom stereocenters. The highest BCUT2D eigenvalue weighted by Gasteiger charge is 2.27.